The topological polar surface area (TPSA) is 288 Å². The molecule has 8 N–H and O–H groups in total. The number of nitrogens with one attached hydrogen (secondary N) is 2. The highest BCUT2D eigenvalue weighted by Gasteiger charge is 2.66. The van der Waals surface area contributed by atoms with Crippen LogP contribution in [0.4, 0.5) is 0 Å². The number of fused-ring (bicyclic) bond motifs is 4. The van der Waals surface area contributed by atoms with Crippen molar-refractivity contribution in [3.05, 3.63) is 23.0 Å². The number of aliphatic carboxylic acids is 4. The van der Waals surface area contributed by atoms with Gasteiger partial charge in [0.1, 0.15) is 5.66 Å². The number of aliphatic imine (C=N–C) groups is 3. The highest BCUT2D eigenvalue weighted by Crippen LogP contribution is 2.59. The fourth-order valence-corrected chi connectivity index (χ4v) is 11.5. The summed E-state index contributed by atoms with van der Waals surface area (Å²) >= 11 is 0. The fraction of sp³-hybridized carbons (Fsp3) is 0.650. The third-order valence-corrected chi connectivity index (χ3v) is 14.0. The van der Waals surface area contributed by atoms with Crippen molar-refractivity contribution in [3.63, 3.8) is 0 Å². The molecule has 0 aromatic rings. The van der Waals surface area contributed by atoms with Gasteiger partial charge in [0.2, 0.25) is 11.8 Å². The normalized spacial score (nSPS) is 37.7. The van der Waals surface area contributed by atoms with Gasteiger partial charge < -0.3 is 36.8 Å². The molecule has 10 atom stereocenters. The molecule has 1 aliphatic carbocycles. The number of carboxylic acids is 4. The smallest absolute Gasteiger partial charge is 0.304 e. The van der Waals surface area contributed by atoms with Crippen molar-refractivity contribution in [1.82, 2.24) is 10.6 Å². The molecule has 17 nitrogen and oxygen atoms in total. The van der Waals surface area contributed by atoms with Crippen LogP contribution in [-0.2, 0) is 33.6 Å². The number of nitrogens with zero attached hydrogens (tertiary/aromatic N) is 3. The van der Waals surface area contributed by atoms with E-state index in [4.69, 9.17) is 20.7 Å². The molecule has 1 saturated carbocycles. The summed E-state index contributed by atoms with van der Waals surface area (Å²) in [6, 6.07) is -1.00. The number of nitrogens with two attached hydrogens (primary N) is 1. The van der Waals surface area contributed by atoms with Crippen molar-refractivity contribution in [2.24, 2.45) is 61.1 Å². The first-order valence-corrected chi connectivity index (χ1v) is 19.8. The molecule has 2 amide bonds. The maximum atomic E-state index is 14.0. The number of primary amides is 1. The second-order valence-electron chi connectivity index (χ2n) is 17.5. The van der Waals surface area contributed by atoms with Gasteiger partial charge in [0, 0.05) is 103 Å². The minimum Gasteiger partial charge on any atom is -0.481 e. The number of Topliss-reactive ketones (excluding diaryl/α,β-unsaturated/α-hetero) is 1. The molecule has 8 bridgehead atoms. The Labute approximate surface area is 328 Å². The lowest BCUT2D eigenvalue weighted by atomic mass is 9.63. The zero-order valence-corrected chi connectivity index (χ0v) is 32.1. The predicted octanol–water partition coefficient (Wildman–Crippen LogP) is 2.63. The van der Waals surface area contributed by atoms with Crippen molar-refractivity contribution in [3.8, 4) is 0 Å². The minimum absolute atomic E-state index is 0.00000394. The quantitative estimate of drug-likeness (QED) is 0.142. The summed E-state index contributed by atoms with van der Waals surface area (Å²) in [7, 11) is 0. The van der Waals surface area contributed by atoms with Crippen molar-refractivity contribution < 1.29 is 54.0 Å². The molecule has 7 aliphatic rings. The van der Waals surface area contributed by atoms with Crippen LogP contribution in [0.15, 0.2) is 38.0 Å². The molecule has 6 heterocycles. The Hall–Kier alpha value is -5.22. The van der Waals surface area contributed by atoms with Gasteiger partial charge in [-0.05, 0) is 44.1 Å². The number of carbonyl (C=O) groups excluding carboxylic acids is 3. The molecule has 2 saturated heterocycles. The Balaban J connectivity index is 1.48. The van der Waals surface area contributed by atoms with Gasteiger partial charge in [0.05, 0.1) is 35.5 Å². The lowest BCUT2D eigenvalue weighted by Gasteiger charge is -2.42. The van der Waals surface area contributed by atoms with Gasteiger partial charge in [0.25, 0.3) is 0 Å². The first kappa shape index (κ1) is 40.0. The summed E-state index contributed by atoms with van der Waals surface area (Å²) in [4.78, 5) is 104. The Kier molecular flexibility index (Phi) is 10.3. The van der Waals surface area contributed by atoms with E-state index in [0.717, 1.165) is 0 Å². The SMILES string of the molecule is C[C@@]12CC(=O)N[C@]13C[C@H]1N=C(C[C@H]4C[C@@H]5CCC(=O)/C(=C6/N=C(C=C(N3)[C@H]2CCC(=O)O)[C@@H](CC(=O)O)[C@@H]6CCC(=O)O)C5=N4)[C@@](C)(CC(N)=O)[C@@H]1CCC(=O)O. The van der Waals surface area contributed by atoms with Gasteiger partial charge in [-0.1, -0.05) is 13.8 Å². The molecule has 7 rings (SSSR count). The Morgan fingerprint density at radius 1 is 0.895 bits per heavy atom. The largest absolute Gasteiger partial charge is 0.481 e. The van der Waals surface area contributed by atoms with Crippen molar-refractivity contribution in [1.29, 1.82) is 0 Å². The molecule has 306 valence electrons. The van der Waals surface area contributed by atoms with E-state index in [2.05, 4.69) is 10.6 Å². The fourth-order valence-electron chi connectivity index (χ4n) is 11.5. The number of ketones is 1. The third-order valence-electron chi connectivity index (χ3n) is 14.0. The second kappa shape index (κ2) is 14.6. The molecule has 57 heavy (non-hydrogen) atoms. The molecular formula is C40H50N6O11. The molecule has 0 unspecified atom stereocenters. The number of allylic oxidation sites excluding steroid dienone is 4. The van der Waals surface area contributed by atoms with Crippen LogP contribution in [0, 0.1) is 40.4 Å². The maximum Gasteiger partial charge on any atom is 0.304 e. The van der Waals surface area contributed by atoms with E-state index in [-0.39, 0.29) is 99.9 Å². The van der Waals surface area contributed by atoms with Crippen LogP contribution in [0.25, 0.3) is 0 Å². The maximum absolute atomic E-state index is 14.0. The van der Waals surface area contributed by atoms with Gasteiger partial charge >= 0.3 is 23.9 Å². The number of hydrogen-bond donors (Lipinski definition) is 7. The Morgan fingerprint density at radius 3 is 2.25 bits per heavy atom. The summed E-state index contributed by atoms with van der Waals surface area (Å²) in [6.07, 6.45) is 2.34. The van der Waals surface area contributed by atoms with Crippen molar-refractivity contribution in [2.75, 3.05) is 0 Å². The van der Waals surface area contributed by atoms with Crippen molar-refractivity contribution in [2.45, 2.75) is 121 Å². The van der Waals surface area contributed by atoms with Crippen LogP contribution in [0.2, 0.25) is 0 Å². The van der Waals surface area contributed by atoms with Crippen LogP contribution >= 0.6 is 0 Å². The molecular weight excluding hydrogens is 740 g/mol. The van der Waals surface area contributed by atoms with E-state index in [1.54, 1.807) is 6.08 Å². The minimum atomic E-state index is -1.24. The molecule has 1 spiro atoms. The molecule has 6 aliphatic heterocycles. The van der Waals surface area contributed by atoms with Crippen LogP contribution in [0.1, 0.15) is 104 Å². The van der Waals surface area contributed by atoms with E-state index < -0.39 is 82.4 Å². The highest BCUT2D eigenvalue weighted by atomic mass is 16.4. The van der Waals surface area contributed by atoms with Gasteiger partial charge in [-0.3, -0.25) is 48.5 Å². The average molecular weight is 791 g/mol. The number of hydrogen-bond acceptors (Lipinski definition) is 11. The van der Waals surface area contributed by atoms with Crippen molar-refractivity contribution >= 4 is 58.6 Å². The summed E-state index contributed by atoms with van der Waals surface area (Å²) < 4.78 is 0. The molecule has 3 fully saturated rings. The van der Waals surface area contributed by atoms with Gasteiger partial charge in [0.15, 0.2) is 5.78 Å². The molecule has 0 aromatic heterocycles. The molecule has 17 heteroatoms. The molecule has 0 aromatic carbocycles. The first-order chi connectivity index (χ1) is 26.8. The van der Waals surface area contributed by atoms with E-state index in [1.807, 2.05) is 13.8 Å². The van der Waals surface area contributed by atoms with E-state index in [9.17, 15) is 54.0 Å². The standard InChI is InChI=1S/C40H50N6O11/c1-38(16-29(41)48)22(5-9-32(52)53)26-15-40-39(2,17-30(49)46-40)23(6-10-33(54)55)25(45-40)14-24-21(13-34(56)57)20(4-8-31(50)51)37(44-24)35-27(47)7-3-18-11-19(42-36(18)35)12-28(38)43-26/h14,18-23,26,45H,3-13,15-17H2,1-2H3,(H2,41,48)(H,46,49)(H,50,51)(H,52,53)(H,54,55)(H,56,57)/b25-14?,37-35-/t18-,19+,20-,21-,22+,23+,26+,38-,39-,40+/m0/s1. The summed E-state index contributed by atoms with van der Waals surface area (Å²) in [5, 5.41) is 46.4. The van der Waals surface area contributed by atoms with Crippen LogP contribution in [-0.4, -0.2) is 96.8 Å². The number of carboxylic acid groups (broad SMARTS) is 4. The first-order valence-electron chi connectivity index (χ1n) is 19.8. The highest BCUT2D eigenvalue weighted by molar-refractivity contribution is 6.26. The zero-order chi connectivity index (χ0) is 41.2. The van der Waals surface area contributed by atoms with E-state index in [0.29, 0.717) is 41.4 Å². The van der Waals surface area contributed by atoms with Gasteiger partial charge in [-0.2, -0.15) is 0 Å². The summed E-state index contributed by atoms with van der Waals surface area (Å²) in [5.41, 5.74) is 5.25. The lowest BCUT2D eigenvalue weighted by Crippen LogP contribution is -2.59. The van der Waals surface area contributed by atoms with Gasteiger partial charge in [-0.15, -0.1) is 0 Å². The van der Waals surface area contributed by atoms with Crippen LogP contribution in [0.3, 0.4) is 0 Å². The van der Waals surface area contributed by atoms with E-state index in [1.165, 1.54) is 0 Å². The second-order valence-corrected chi connectivity index (χ2v) is 17.5. The zero-order valence-electron chi connectivity index (χ0n) is 32.1. The number of amides is 2. The predicted molar refractivity (Wildman–Crippen MR) is 202 cm³/mol. The molecule has 0 radical (unpaired) electrons. The Morgan fingerprint density at radius 2 is 1.58 bits per heavy atom. The van der Waals surface area contributed by atoms with Crippen LogP contribution in [0.5, 0.6) is 0 Å². The lowest BCUT2D eigenvalue weighted by molar-refractivity contribution is -0.139. The number of carbonyl (C=O) groups is 7. The van der Waals surface area contributed by atoms with Crippen LogP contribution < -0.4 is 16.4 Å². The van der Waals surface area contributed by atoms with Gasteiger partial charge in [-0.25, -0.2) is 0 Å². The summed E-state index contributed by atoms with van der Waals surface area (Å²) in [6.45, 7) is 3.76. The average Bonchev–Trinajstić information content (AvgIpc) is 3.82. The third kappa shape index (κ3) is 7.06. The number of rotatable bonds is 13. The monoisotopic (exact) mass is 790 g/mol. The summed E-state index contributed by atoms with van der Waals surface area (Å²) in [5.74, 6) is -8.26. The van der Waals surface area contributed by atoms with E-state index >= 15 is 0 Å². The Bertz CT molecular complexity index is 2000.